The first-order chi connectivity index (χ1) is 7.65. The van der Waals surface area contributed by atoms with Crippen LogP contribution in [-0.4, -0.2) is 28.0 Å². The van der Waals surface area contributed by atoms with Crippen molar-refractivity contribution < 1.29 is 14.7 Å². The van der Waals surface area contributed by atoms with Crippen LogP contribution < -0.4 is 5.32 Å². The molecule has 0 radical (unpaired) electrons. The van der Waals surface area contributed by atoms with E-state index in [0.29, 0.717) is 5.56 Å². The standard InChI is InChI=1S/C11H10N2O3/c1-2-3-9(11(15)16)13-10(14)8-4-6-12-7-5-8/h1,4-7,9H,3H2,(H,13,14)(H,15,16). The van der Waals surface area contributed by atoms with Crippen molar-refractivity contribution in [1.29, 1.82) is 0 Å². The van der Waals surface area contributed by atoms with E-state index in [-0.39, 0.29) is 6.42 Å². The molecule has 2 N–H and O–H groups in total. The number of carbonyl (C=O) groups is 2. The van der Waals surface area contributed by atoms with Crippen molar-refractivity contribution in [3.05, 3.63) is 30.1 Å². The molecule has 1 aromatic rings. The van der Waals surface area contributed by atoms with Gasteiger partial charge < -0.3 is 10.4 Å². The van der Waals surface area contributed by atoms with Gasteiger partial charge in [0.1, 0.15) is 6.04 Å². The Labute approximate surface area is 92.5 Å². The molecule has 1 aromatic heterocycles. The number of aromatic nitrogens is 1. The van der Waals surface area contributed by atoms with Crippen LogP contribution in [0, 0.1) is 12.3 Å². The van der Waals surface area contributed by atoms with Gasteiger partial charge in [-0.2, -0.15) is 0 Å². The number of hydrogen-bond donors (Lipinski definition) is 2. The van der Waals surface area contributed by atoms with Crippen LogP contribution in [0.25, 0.3) is 0 Å². The Hall–Kier alpha value is -2.35. The molecule has 1 rings (SSSR count). The molecule has 5 nitrogen and oxygen atoms in total. The number of carboxylic acid groups (broad SMARTS) is 1. The zero-order chi connectivity index (χ0) is 12.0. The van der Waals surface area contributed by atoms with Crippen LogP contribution in [0.3, 0.4) is 0 Å². The SMILES string of the molecule is C#CCC(NC(=O)c1ccncc1)C(=O)O. The van der Waals surface area contributed by atoms with Crippen molar-refractivity contribution in [2.45, 2.75) is 12.5 Å². The van der Waals surface area contributed by atoms with Gasteiger partial charge >= 0.3 is 5.97 Å². The highest BCUT2D eigenvalue weighted by atomic mass is 16.4. The van der Waals surface area contributed by atoms with Crippen LogP contribution >= 0.6 is 0 Å². The lowest BCUT2D eigenvalue weighted by molar-refractivity contribution is -0.139. The van der Waals surface area contributed by atoms with Crippen LogP contribution in [0.15, 0.2) is 24.5 Å². The van der Waals surface area contributed by atoms with Crippen LogP contribution in [-0.2, 0) is 4.79 Å². The third kappa shape index (κ3) is 3.10. The summed E-state index contributed by atoms with van der Waals surface area (Å²) in [5, 5.41) is 11.1. The van der Waals surface area contributed by atoms with E-state index in [9.17, 15) is 9.59 Å². The molecule has 0 bridgehead atoms. The number of amides is 1. The second-order valence-electron chi connectivity index (χ2n) is 3.01. The third-order valence-corrected chi connectivity index (χ3v) is 1.87. The maximum atomic E-state index is 11.6. The van der Waals surface area contributed by atoms with Crippen LogP contribution in [0.2, 0.25) is 0 Å². The van der Waals surface area contributed by atoms with E-state index in [2.05, 4.69) is 16.2 Å². The minimum atomic E-state index is -1.15. The Morgan fingerprint density at radius 3 is 2.62 bits per heavy atom. The Bertz CT molecular complexity index is 423. The predicted octanol–water partition coefficient (Wildman–Crippen LogP) is 0.288. The molecule has 16 heavy (non-hydrogen) atoms. The maximum absolute atomic E-state index is 11.6. The monoisotopic (exact) mass is 218 g/mol. The molecule has 0 aromatic carbocycles. The van der Waals surface area contributed by atoms with E-state index in [0.717, 1.165) is 0 Å². The Morgan fingerprint density at radius 1 is 1.50 bits per heavy atom. The zero-order valence-electron chi connectivity index (χ0n) is 8.38. The number of carboxylic acids is 1. The maximum Gasteiger partial charge on any atom is 0.327 e. The summed E-state index contributed by atoms with van der Waals surface area (Å²) in [6.07, 6.45) is 7.86. The molecular weight excluding hydrogens is 208 g/mol. The van der Waals surface area contributed by atoms with Crippen molar-refractivity contribution >= 4 is 11.9 Å². The highest BCUT2D eigenvalue weighted by molar-refractivity contribution is 5.96. The van der Waals surface area contributed by atoms with E-state index in [1.807, 2.05) is 0 Å². The third-order valence-electron chi connectivity index (χ3n) is 1.87. The quantitative estimate of drug-likeness (QED) is 0.712. The number of terminal acetylenes is 1. The molecule has 1 atom stereocenters. The van der Waals surface area contributed by atoms with Crippen LogP contribution in [0.4, 0.5) is 0 Å². The normalized spacial score (nSPS) is 11.2. The minimum Gasteiger partial charge on any atom is -0.480 e. The average Bonchev–Trinajstić information content (AvgIpc) is 2.29. The van der Waals surface area contributed by atoms with Crippen LogP contribution in [0.1, 0.15) is 16.8 Å². The Kier molecular flexibility index (Phi) is 4.04. The van der Waals surface area contributed by atoms with E-state index in [1.54, 1.807) is 0 Å². The van der Waals surface area contributed by atoms with Crippen molar-refractivity contribution in [3.8, 4) is 12.3 Å². The average molecular weight is 218 g/mol. The molecule has 5 heteroatoms. The summed E-state index contributed by atoms with van der Waals surface area (Å²) in [5.41, 5.74) is 0.346. The first-order valence-electron chi connectivity index (χ1n) is 4.52. The second kappa shape index (κ2) is 5.51. The fourth-order valence-electron chi connectivity index (χ4n) is 1.06. The van der Waals surface area contributed by atoms with Crippen molar-refractivity contribution in [1.82, 2.24) is 10.3 Å². The molecule has 82 valence electrons. The Morgan fingerprint density at radius 2 is 2.12 bits per heavy atom. The molecule has 0 saturated carbocycles. The number of rotatable bonds is 4. The van der Waals surface area contributed by atoms with Crippen molar-refractivity contribution in [2.24, 2.45) is 0 Å². The fraction of sp³-hybridized carbons (Fsp3) is 0.182. The summed E-state index contributed by atoms with van der Waals surface area (Å²) in [6, 6.07) is 1.92. The minimum absolute atomic E-state index is 0.0494. The molecule has 0 fully saturated rings. The van der Waals surface area contributed by atoms with Crippen molar-refractivity contribution in [2.75, 3.05) is 0 Å². The smallest absolute Gasteiger partial charge is 0.327 e. The van der Waals surface area contributed by atoms with Gasteiger partial charge in [0.2, 0.25) is 0 Å². The molecule has 0 spiro atoms. The Balaban J connectivity index is 2.70. The topological polar surface area (TPSA) is 79.3 Å². The highest BCUT2D eigenvalue weighted by Crippen LogP contribution is 1.98. The molecule has 0 aliphatic rings. The summed E-state index contributed by atoms with van der Waals surface area (Å²) in [4.78, 5) is 26.0. The first kappa shape index (κ1) is 11.7. The molecular formula is C11H10N2O3. The fourth-order valence-corrected chi connectivity index (χ4v) is 1.06. The second-order valence-corrected chi connectivity index (χ2v) is 3.01. The van der Waals surface area contributed by atoms with E-state index < -0.39 is 17.9 Å². The van der Waals surface area contributed by atoms with E-state index in [1.165, 1.54) is 24.5 Å². The van der Waals surface area contributed by atoms with Gasteiger partial charge in [0.05, 0.1) is 0 Å². The molecule has 0 saturated heterocycles. The predicted molar refractivity (Wildman–Crippen MR) is 56.6 cm³/mol. The molecule has 1 amide bonds. The molecule has 1 heterocycles. The van der Waals surface area contributed by atoms with E-state index in [4.69, 9.17) is 11.5 Å². The first-order valence-corrected chi connectivity index (χ1v) is 4.52. The summed E-state index contributed by atoms with van der Waals surface area (Å²) in [7, 11) is 0. The van der Waals surface area contributed by atoms with Gasteiger partial charge in [-0.05, 0) is 12.1 Å². The summed E-state index contributed by atoms with van der Waals surface area (Å²) in [6.45, 7) is 0. The lowest BCUT2D eigenvalue weighted by Crippen LogP contribution is -2.40. The molecule has 0 aliphatic heterocycles. The molecule has 0 aliphatic carbocycles. The van der Waals surface area contributed by atoms with Gasteiger partial charge in [0.25, 0.3) is 5.91 Å². The van der Waals surface area contributed by atoms with Gasteiger partial charge in [-0.15, -0.1) is 12.3 Å². The van der Waals surface area contributed by atoms with Gasteiger partial charge in [-0.1, -0.05) is 0 Å². The number of nitrogens with zero attached hydrogens (tertiary/aromatic N) is 1. The van der Waals surface area contributed by atoms with Gasteiger partial charge in [-0.3, -0.25) is 9.78 Å². The summed E-state index contributed by atoms with van der Waals surface area (Å²) in [5.74, 6) is 0.564. The van der Waals surface area contributed by atoms with Gasteiger partial charge in [-0.25, -0.2) is 4.79 Å². The number of aliphatic carboxylic acids is 1. The summed E-state index contributed by atoms with van der Waals surface area (Å²) >= 11 is 0. The zero-order valence-corrected chi connectivity index (χ0v) is 8.38. The lowest BCUT2D eigenvalue weighted by atomic mass is 10.2. The number of nitrogens with one attached hydrogen (secondary N) is 1. The van der Waals surface area contributed by atoms with Crippen molar-refractivity contribution in [3.63, 3.8) is 0 Å². The number of pyridine rings is 1. The lowest BCUT2D eigenvalue weighted by Gasteiger charge is -2.11. The summed E-state index contributed by atoms with van der Waals surface area (Å²) < 4.78 is 0. The van der Waals surface area contributed by atoms with Gasteiger partial charge in [0.15, 0.2) is 0 Å². The number of hydrogen-bond acceptors (Lipinski definition) is 3. The molecule has 1 unspecified atom stereocenters. The van der Waals surface area contributed by atoms with E-state index >= 15 is 0 Å². The number of carbonyl (C=O) groups excluding carboxylic acids is 1. The van der Waals surface area contributed by atoms with Crippen LogP contribution in [0.5, 0.6) is 0 Å². The largest absolute Gasteiger partial charge is 0.480 e. The van der Waals surface area contributed by atoms with Gasteiger partial charge in [0, 0.05) is 24.4 Å². The highest BCUT2D eigenvalue weighted by Gasteiger charge is 2.19.